The highest BCUT2D eigenvalue weighted by Gasteiger charge is 2.12. The fourth-order valence-electron chi connectivity index (χ4n) is 2.22. The van der Waals surface area contributed by atoms with Gasteiger partial charge in [0.15, 0.2) is 0 Å². The van der Waals surface area contributed by atoms with E-state index in [9.17, 15) is 14.0 Å². The third kappa shape index (κ3) is 3.14. The molecule has 0 fully saturated rings. The summed E-state index contributed by atoms with van der Waals surface area (Å²) < 4.78 is 14.6. The van der Waals surface area contributed by atoms with E-state index in [1.807, 2.05) is 6.92 Å². The number of carbonyl (C=O) groups is 1. The van der Waals surface area contributed by atoms with Gasteiger partial charge < -0.3 is 0 Å². The van der Waals surface area contributed by atoms with Gasteiger partial charge in [-0.05, 0) is 24.1 Å². The molecule has 118 valence electrons. The van der Waals surface area contributed by atoms with E-state index in [2.05, 4.69) is 10.4 Å². The summed E-state index contributed by atoms with van der Waals surface area (Å²) >= 11 is 1.46. The van der Waals surface area contributed by atoms with Crippen molar-refractivity contribution in [3.8, 4) is 0 Å². The summed E-state index contributed by atoms with van der Waals surface area (Å²) in [5.41, 5.74) is 2.38. The van der Waals surface area contributed by atoms with Gasteiger partial charge in [0.2, 0.25) is 5.91 Å². The molecule has 0 saturated heterocycles. The zero-order valence-electron chi connectivity index (χ0n) is 12.4. The van der Waals surface area contributed by atoms with Crippen molar-refractivity contribution in [2.45, 2.75) is 19.8 Å². The minimum absolute atomic E-state index is 0.152. The number of benzene rings is 1. The molecule has 23 heavy (non-hydrogen) atoms. The number of hydrogen-bond donors (Lipinski definition) is 1. The van der Waals surface area contributed by atoms with Crippen LogP contribution in [0.15, 0.2) is 41.5 Å². The van der Waals surface area contributed by atoms with Gasteiger partial charge in [-0.25, -0.2) is 14.1 Å². The van der Waals surface area contributed by atoms with Crippen LogP contribution < -0.4 is 11.0 Å². The quantitative estimate of drug-likeness (QED) is 0.799. The summed E-state index contributed by atoms with van der Waals surface area (Å²) in [6, 6.07) is 7.82. The van der Waals surface area contributed by atoms with Gasteiger partial charge >= 0.3 is 0 Å². The maximum absolute atomic E-state index is 13.6. The van der Waals surface area contributed by atoms with E-state index in [0.29, 0.717) is 10.2 Å². The zero-order chi connectivity index (χ0) is 16.4. The van der Waals surface area contributed by atoms with E-state index in [1.54, 1.807) is 18.2 Å². The summed E-state index contributed by atoms with van der Waals surface area (Å²) in [5.74, 6) is -0.932. The second-order valence-electron chi connectivity index (χ2n) is 5.01. The fourth-order valence-corrected chi connectivity index (χ4v) is 3.14. The molecule has 0 aliphatic heterocycles. The number of nitrogens with zero attached hydrogens (tertiary/aromatic N) is 2. The molecule has 0 aliphatic carbocycles. The van der Waals surface area contributed by atoms with Crippen molar-refractivity contribution in [2.24, 2.45) is 0 Å². The second-order valence-corrected chi connectivity index (χ2v) is 6.12. The number of amides is 1. The molecule has 1 aromatic carbocycles. The Morgan fingerprint density at radius 2 is 2.17 bits per heavy atom. The fraction of sp³-hybridized carbons (Fsp3) is 0.188. The van der Waals surface area contributed by atoms with E-state index in [1.165, 1.54) is 29.8 Å². The van der Waals surface area contributed by atoms with Crippen molar-refractivity contribution in [1.29, 1.82) is 0 Å². The predicted octanol–water partition coefficient (Wildman–Crippen LogP) is 2.47. The molecule has 0 radical (unpaired) electrons. The molecular formula is C16H14FN3O2S. The Balaban J connectivity index is 1.84. The van der Waals surface area contributed by atoms with Gasteiger partial charge in [0.25, 0.3) is 5.56 Å². The molecule has 0 bridgehead atoms. The highest BCUT2D eigenvalue weighted by atomic mass is 32.1. The minimum atomic E-state index is -0.482. The standard InChI is InChI=1S/C16H14FN3O2S/c1-2-11-8-12-15(23-11)18-9-20(16(12)22)19-14(21)7-10-5-3-4-6-13(10)17/h3-6,8-9H,2,7H2,1H3,(H,19,21). The average Bonchev–Trinajstić information content (AvgIpc) is 2.96. The first kappa shape index (κ1) is 15.4. The van der Waals surface area contributed by atoms with Gasteiger partial charge in [-0.15, -0.1) is 11.3 Å². The van der Waals surface area contributed by atoms with Crippen molar-refractivity contribution in [1.82, 2.24) is 9.66 Å². The molecule has 1 amide bonds. The Morgan fingerprint density at radius 3 is 2.91 bits per heavy atom. The minimum Gasteiger partial charge on any atom is -0.273 e. The summed E-state index contributed by atoms with van der Waals surface area (Å²) in [7, 11) is 0. The van der Waals surface area contributed by atoms with E-state index in [4.69, 9.17) is 0 Å². The monoisotopic (exact) mass is 331 g/mol. The first-order valence-electron chi connectivity index (χ1n) is 7.12. The molecule has 2 aromatic heterocycles. The van der Waals surface area contributed by atoms with E-state index < -0.39 is 11.7 Å². The van der Waals surface area contributed by atoms with Crippen LogP contribution >= 0.6 is 11.3 Å². The first-order chi connectivity index (χ1) is 11.1. The molecular weight excluding hydrogens is 317 g/mol. The van der Waals surface area contributed by atoms with Crippen LogP contribution in [0.4, 0.5) is 4.39 Å². The van der Waals surface area contributed by atoms with Crippen molar-refractivity contribution in [2.75, 3.05) is 5.43 Å². The molecule has 1 N–H and O–H groups in total. The molecule has 0 unspecified atom stereocenters. The average molecular weight is 331 g/mol. The number of aryl methyl sites for hydroxylation is 1. The molecule has 3 aromatic rings. The largest absolute Gasteiger partial charge is 0.280 e. The number of hydrogen-bond acceptors (Lipinski definition) is 4. The molecule has 7 heteroatoms. The van der Waals surface area contributed by atoms with E-state index >= 15 is 0 Å². The third-order valence-electron chi connectivity index (χ3n) is 3.41. The number of nitrogens with one attached hydrogen (secondary N) is 1. The summed E-state index contributed by atoms with van der Waals surface area (Å²) in [5, 5.41) is 0.473. The number of carbonyl (C=O) groups excluding carboxylic acids is 1. The van der Waals surface area contributed by atoms with Crippen LogP contribution in [0.3, 0.4) is 0 Å². The second kappa shape index (κ2) is 6.29. The van der Waals surface area contributed by atoms with Crippen LogP contribution in [-0.4, -0.2) is 15.6 Å². The van der Waals surface area contributed by atoms with Gasteiger partial charge in [0, 0.05) is 4.88 Å². The first-order valence-corrected chi connectivity index (χ1v) is 7.93. The Kier molecular flexibility index (Phi) is 4.20. The Bertz CT molecular complexity index is 932. The third-order valence-corrected chi connectivity index (χ3v) is 4.59. The summed E-state index contributed by atoms with van der Waals surface area (Å²) in [6.07, 6.45) is 1.95. The maximum Gasteiger partial charge on any atom is 0.280 e. The lowest BCUT2D eigenvalue weighted by atomic mass is 10.1. The van der Waals surface area contributed by atoms with Crippen LogP contribution in [0.2, 0.25) is 0 Å². The smallest absolute Gasteiger partial charge is 0.273 e. The van der Waals surface area contributed by atoms with Crippen molar-refractivity contribution in [3.63, 3.8) is 0 Å². The Morgan fingerprint density at radius 1 is 1.39 bits per heavy atom. The SMILES string of the molecule is CCc1cc2c(=O)n(NC(=O)Cc3ccccc3F)cnc2s1. The van der Waals surface area contributed by atoms with E-state index in [-0.39, 0.29) is 17.5 Å². The van der Waals surface area contributed by atoms with Crippen LogP contribution in [0, 0.1) is 5.82 Å². The van der Waals surface area contributed by atoms with Crippen LogP contribution in [0.5, 0.6) is 0 Å². The number of fused-ring (bicyclic) bond motifs is 1. The number of rotatable bonds is 4. The number of halogens is 1. The highest BCUT2D eigenvalue weighted by Crippen LogP contribution is 2.20. The summed E-state index contributed by atoms with van der Waals surface area (Å²) in [6.45, 7) is 2.00. The normalized spacial score (nSPS) is 10.9. The molecule has 0 saturated carbocycles. The molecule has 0 spiro atoms. The van der Waals surface area contributed by atoms with Crippen molar-refractivity contribution < 1.29 is 9.18 Å². The molecule has 0 aliphatic rings. The lowest BCUT2D eigenvalue weighted by Crippen LogP contribution is -2.33. The Labute approximate surface area is 135 Å². The van der Waals surface area contributed by atoms with Crippen LogP contribution in [0.1, 0.15) is 17.4 Å². The van der Waals surface area contributed by atoms with Gasteiger partial charge in [-0.1, -0.05) is 25.1 Å². The van der Waals surface area contributed by atoms with Crippen molar-refractivity contribution in [3.05, 3.63) is 63.3 Å². The zero-order valence-corrected chi connectivity index (χ0v) is 13.2. The number of aromatic nitrogens is 2. The maximum atomic E-state index is 13.6. The predicted molar refractivity (Wildman–Crippen MR) is 87.7 cm³/mol. The molecule has 0 atom stereocenters. The van der Waals surface area contributed by atoms with Crippen LogP contribution in [0.25, 0.3) is 10.2 Å². The molecule has 2 heterocycles. The Hall–Kier alpha value is -2.54. The topological polar surface area (TPSA) is 64.0 Å². The number of thiophene rings is 1. The van der Waals surface area contributed by atoms with Crippen LogP contribution in [-0.2, 0) is 17.6 Å². The van der Waals surface area contributed by atoms with Crippen molar-refractivity contribution >= 4 is 27.5 Å². The van der Waals surface area contributed by atoms with Gasteiger partial charge in [-0.3, -0.25) is 15.0 Å². The highest BCUT2D eigenvalue weighted by molar-refractivity contribution is 7.18. The lowest BCUT2D eigenvalue weighted by Gasteiger charge is -2.08. The molecule has 3 rings (SSSR count). The lowest BCUT2D eigenvalue weighted by molar-refractivity contribution is -0.116. The van der Waals surface area contributed by atoms with E-state index in [0.717, 1.165) is 16.0 Å². The van der Waals surface area contributed by atoms with Gasteiger partial charge in [0.05, 0.1) is 11.8 Å². The van der Waals surface area contributed by atoms with Gasteiger partial charge in [0.1, 0.15) is 17.0 Å². The van der Waals surface area contributed by atoms with Gasteiger partial charge in [-0.2, -0.15) is 0 Å². The molecule has 5 nitrogen and oxygen atoms in total. The summed E-state index contributed by atoms with van der Waals surface area (Å²) in [4.78, 5) is 30.3.